The van der Waals surface area contributed by atoms with Crippen molar-refractivity contribution in [1.82, 2.24) is 9.62 Å². The van der Waals surface area contributed by atoms with Crippen molar-refractivity contribution < 1.29 is 13.2 Å². The smallest absolute Gasteiger partial charge is 0.223 e. The first-order valence-electron chi connectivity index (χ1n) is 11.2. The van der Waals surface area contributed by atoms with Gasteiger partial charge in [0, 0.05) is 47.1 Å². The Balaban J connectivity index is 1.32. The molecule has 1 aliphatic heterocycles. The highest BCUT2D eigenvalue weighted by Gasteiger charge is 2.30. The molecule has 1 aliphatic rings. The Morgan fingerprint density at radius 1 is 1.09 bits per heavy atom. The maximum Gasteiger partial charge on any atom is 0.223 e. The van der Waals surface area contributed by atoms with Gasteiger partial charge in [0.05, 0.1) is 5.75 Å². The highest BCUT2D eigenvalue weighted by Crippen LogP contribution is 2.25. The van der Waals surface area contributed by atoms with Gasteiger partial charge in [0.15, 0.2) is 0 Å². The molecule has 1 saturated heterocycles. The van der Waals surface area contributed by atoms with Crippen molar-refractivity contribution in [2.75, 3.05) is 31.1 Å². The zero-order valence-electron chi connectivity index (χ0n) is 18.5. The number of hydrogen-bond acceptors (Lipinski definition) is 4. The second kappa shape index (κ2) is 13.0. The van der Waals surface area contributed by atoms with Crippen molar-refractivity contribution in [2.24, 2.45) is 5.92 Å². The summed E-state index contributed by atoms with van der Waals surface area (Å²) in [5.41, 5.74) is 2.17. The number of carbonyl (C=O) groups excluding carboxylic acids is 1. The summed E-state index contributed by atoms with van der Waals surface area (Å²) in [6.45, 7) is 1.40. The predicted molar refractivity (Wildman–Crippen MR) is 138 cm³/mol. The van der Waals surface area contributed by atoms with E-state index < -0.39 is 10.0 Å². The molecule has 3 rings (SSSR count). The number of amides is 1. The minimum Gasteiger partial charge on any atom is -0.355 e. The normalized spacial score (nSPS) is 15.5. The summed E-state index contributed by atoms with van der Waals surface area (Å²) in [5, 5.41) is 4.26. The minimum absolute atomic E-state index is 0.0150. The summed E-state index contributed by atoms with van der Waals surface area (Å²) in [6, 6.07) is 15.4. The average Bonchev–Trinajstić information content (AvgIpc) is 2.80. The van der Waals surface area contributed by atoms with Crippen LogP contribution in [0.4, 0.5) is 0 Å². The van der Waals surface area contributed by atoms with Crippen LogP contribution in [0.25, 0.3) is 0 Å². The van der Waals surface area contributed by atoms with Crippen LogP contribution in [0.3, 0.4) is 0 Å². The molecule has 1 heterocycles. The van der Waals surface area contributed by atoms with Crippen LogP contribution in [-0.4, -0.2) is 49.8 Å². The molecule has 0 atom stereocenters. The van der Waals surface area contributed by atoms with Gasteiger partial charge in [0.2, 0.25) is 15.9 Å². The van der Waals surface area contributed by atoms with Gasteiger partial charge in [-0.25, -0.2) is 12.7 Å². The van der Waals surface area contributed by atoms with Gasteiger partial charge in [0.25, 0.3) is 0 Å². The second-order valence-corrected chi connectivity index (χ2v) is 12.2. The number of halogens is 2. The van der Waals surface area contributed by atoms with Crippen molar-refractivity contribution in [1.29, 1.82) is 0 Å². The van der Waals surface area contributed by atoms with Crippen LogP contribution in [0.15, 0.2) is 48.5 Å². The van der Waals surface area contributed by atoms with Crippen molar-refractivity contribution in [2.45, 2.75) is 31.4 Å². The average molecular weight is 530 g/mol. The molecule has 2 aromatic rings. The van der Waals surface area contributed by atoms with Gasteiger partial charge in [-0.05, 0) is 48.9 Å². The Kier molecular flexibility index (Phi) is 10.4. The van der Waals surface area contributed by atoms with Gasteiger partial charge >= 0.3 is 0 Å². The van der Waals surface area contributed by atoms with E-state index in [1.165, 1.54) is 0 Å². The van der Waals surface area contributed by atoms with Crippen molar-refractivity contribution in [3.63, 3.8) is 0 Å². The standard InChI is InChI=1S/C24H30Cl2N2O3S2/c25-22-9-8-21(23(26)17-22)18-32-15-12-27-24(29)20-10-13-28(14-11-20)33(30,31)16-4-7-19-5-2-1-3-6-19/h1-3,5-6,8-9,17,20H,4,7,10-16,18H2,(H,27,29). The molecule has 0 aromatic heterocycles. The van der Waals surface area contributed by atoms with Crippen LogP contribution in [0.2, 0.25) is 10.0 Å². The summed E-state index contributed by atoms with van der Waals surface area (Å²) in [5.74, 6) is 1.57. The van der Waals surface area contributed by atoms with Crippen LogP contribution in [0, 0.1) is 5.92 Å². The molecule has 0 saturated carbocycles. The molecule has 5 nitrogen and oxygen atoms in total. The monoisotopic (exact) mass is 528 g/mol. The fraction of sp³-hybridized carbons (Fsp3) is 0.458. The lowest BCUT2D eigenvalue weighted by Gasteiger charge is -2.30. The van der Waals surface area contributed by atoms with Gasteiger partial charge in [0.1, 0.15) is 0 Å². The van der Waals surface area contributed by atoms with Gasteiger partial charge < -0.3 is 5.32 Å². The first-order chi connectivity index (χ1) is 15.8. The largest absolute Gasteiger partial charge is 0.355 e. The maximum absolute atomic E-state index is 12.7. The van der Waals surface area contributed by atoms with Gasteiger partial charge in [-0.2, -0.15) is 11.8 Å². The van der Waals surface area contributed by atoms with E-state index in [-0.39, 0.29) is 17.6 Å². The summed E-state index contributed by atoms with van der Waals surface area (Å²) in [7, 11) is -3.28. The number of sulfonamides is 1. The Hall–Kier alpha value is -1.25. The molecule has 1 amide bonds. The SMILES string of the molecule is O=C(NCCSCc1ccc(Cl)cc1Cl)C1CCN(S(=O)(=O)CCCc2ccccc2)CC1. The number of nitrogens with zero attached hydrogens (tertiary/aromatic N) is 1. The summed E-state index contributed by atoms with van der Waals surface area (Å²) >= 11 is 13.8. The summed E-state index contributed by atoms with van der Waals surface area (Å²) in [4.78, 5) is 12.5. The molecular weight excluding hydrogens is 499 g/mol. The lowest BCUT2D eigenvalue weighted by Crippen LogP contribution is -2.44. The number of thioether (sulfide) groups is 1. The summed E-state index contributed by atoms with van der Waals surface area (Å²) < 4.78 is 26.9. The lowest BCUT2D eigenvalue weighted by molar-refractivity contribution is -0.125. The minimum atomic E-state index is -3.28. The molecule has 1 fully saturated rings. The van der Waals surface area contributed by atoms with E-state index in [0.717, 1.165) is 29.1 Å². The highest BCUT2D eigenvalue weighted by molar-refractivity contribution is 7.98. The number of rotatable bonds is 11. The van der Waals surface area contributed by atoms with Crippen LogP contribution in [0.5, 0.6) is 0 Å². The highest BCUT2D eigenvalue weighted by atomic mass is 35.5. The third-order valence-electron chi connectivity index (χ3n) is 5.75. The molecule has 0 radical (unpaired) electrons. The molecule has 33 heavy (non-hydrogen) atoms. The molecule has 9 heteroatoms. The zero-order chi connectivity index (χ0) is 23.7. The zero-order valence-corrected chi connectivity index (χ0v) is 21.7. The lowest BCUT2D eigenvalue weighted by atomic mass is 9.97. The maximum atomic E-state index is 12.7. The molecule has 2 aromatic carbocycles. The quantitative estimate of drug-likeness (QED) is 0.416. The van der Waals surface area contributed by atoms with E-state index in [1.807, 2.05) is 42.5 Å². The number of piperidine rings is 1. The first-order valence-corrected chi connectivity index (χ1v) is 14.7. The fourth-order valence-corrected chi connectivity index (χ4v) is 6.79. The Bertz CT molecular complexity index is 1010. The molecular formula is C24H30Cl2N2O3S2. The molecule has 0 spiro atoms. The van der Waals surface area contributed by atoms with E-state index in [0.29, 0.717) is 48.9 Å². The van der Waals surface area contributed by atoms with Crippen LogP contribution in [0.1, 0.15) is 30.4 Å². The van der Waals surface area contributed by atoms with Gasteiger partial charge in [-0.15, -0.1) is 0 Å². The van der Waals surface area contributed by atoms with Crippen molar-refractivity contribution >= 4 is 50.9 Å². The topological polar surface area (TPSA) is 66.5 Å². The van der Waals surface area contributed by atoms with Crippen LogP contribution in [-0.2, 0) is 27.0 Å². The Morgan fingerprint density at radius 2 is 1.82 bits per heavy atom. The van der Waals surface area contributed by atoms with Crippen LogP contribution >= 0.6 is 35.0 Å². The second-order valence-electron chi connectivity index (χ2n) is 8.16. The number of hydrogen-bond donors (Lipinski definition) is 1. The van der Waals surface area contributed by atoms with E-state index in [2.05, 4.69) is 5.32 Å². The number of nitrogens with one attached hydrogen (secondary N) is 1. The third-order valence-corrected chi connectivity index (χ3v) is 9.30. The molecule has 0 aliphatic carbocycles. The van der Waals surface area contributed by atoms with E-state index in [4.69, 9.17) is 23.2 Å². The molecule has 0 unspecified atom stereocenters. The third kappa shape index (κ3) is 8.48. The number of aryl methyl sites for hydroxylation is 1. The molecule has 0 bridgehead atoms. The van der Waals surface area contributed by atoms with Crippen molar-refractivity contribution in [3.05, 3.63) is 69.7 Å². The van der Waals surface area contributed by atoms with E-state index >= 15 is 0 Å². The van der Waals surface area contributed by atoms with E-state index in [1.54, 1.807) is 22.1 Å². The van der Waals surface area contributed by atoms with Crippen molar-refractivity contribution in [3.8, 4) is 0 Å². The number of carbonyl (C=O) groups is 1. The molecule has 1 N–H and O–H groups in total. The predicted octanol–water partition coefficient (Wildman–Crippen LogP) is 5.02. The Labute approximate surface area is 211 Å². The first kappa shape index (κ1) is 26.4. The van der Waals surface area contributed by atoms with E-state index in [9.17, 15) is 13.2 Å². The Morgan fingerprint density at radius 3 is 2.52 bits per heavy atom. The fourth-order valence-electron chi connectivity index (χ4n) is 3.84. The molecule has 180 valence electrons. The summed E-state index contributed by atoms with van der Waals surface area (Å²) in [6.07, 6.45) is 2.49. The van der Waals surface area contributed by atoms with Gasteiger partial charge in [-0.3, -0.25) is 4.79 Å². The van der Waals surface area contributed by atoms with Crippen LogP contribution < -0.4 is 5.32 Å². The van der Waals surface area contributed by atoms with Gasteiger partial charge in [-0.1, -0.05) is 59.6 Å². The number of benzene rings is 2.